The van der Waals surface area contributed by atoms with Crippen molar-refractivity contribution in [2.75, 3.05) is 12.4 Å². The van der Waals surface area contributed by atoms with E-state index in [9.17, 15) is 28.1 Å². The maximum Gasteiger partial charge on any atom is 0.416 e. The Balaban J connectivity index is 1.92. The van der Waals surface area contributed by atoms with Crippen LogP contribution in [0.2, 0.25) is 0 Å². The number of alkyl halides is 3. The summed E-state index contributed by atoms with van der Waals surface area (Å²) in [6.07, 6.45) is -5.68. The van der Waals surface area contributed by atoms with E-state index in [1.54, 1.807) is 0 Å². The molecule has 31 heavy (non-hydrogen) atoms. The van der Waals surface area contributed by atoms with Crippen molar-refractivity contribution in [3.63, 3.8) is 0 Å². The Labute approximate surface area is 179 Å². The van der Waals surface area contributed by atoms with E-state index in [0.717, 1.165) is 18.2 Å². The van der Waals surface area contributed by atoms with Gasteiger partial charge in [-0.1, -0.05) is 6.07 Å². The Hall–Kier alpha value is -3.61. The molecule has 0 aromatic heterocycles. The number of carbonyl (C=O) groups is 1. The number of nitro benzene ring substituents is 1. The lowest BCUT2D eigenvalue weighted by Crippen LogP contribution is -2.48. The first-order valence-corrected chi connectivity index (χ1v) is 8.95. The second kappa shape index (κ2) is 9.93. The smallest absolute Gasteiger partial charge is 0.416 e. The summed E-state index contributed by atoms with van der Waals surface area (Å²) in [6, 6.07) is 7.91. The SMILES string of the molecule is COc1cc([N+](=O)[O-])ccc1NC(=S)NNC(=O)[C@H](C)Oc1cccc(C(F)(F)F)c1. The number of nitrogens with zero attached hydrogens (tertiary/aromatic N) is 1. The molecule has 0 aliphatic rings. The Bertz CT molecular complexity index is 987. The summed E-state index contributed by atoms with van der Waals surface area (Å²) >= 11 is 5.03. The average Bonchev–Trinajstić information content (AvgIpc) is 2.71. The molecule has 0 saturated carbocycles. The van der Waals surface area contributed by atoms with E-state index < -0.39 is 28.7 Å². The van der Waals surface area contributed by atoms with Gasteiger partial charge >= 0.3 is 6.18 Å². The van der Waals surface area contributed by atoms with E-state index in [0.29, 0.717) is 5.69 Å². The van der Waals surface area contributed by atoms with E-state index >= 15 is 0 Å². The molecule has 1 atom stereocenters. The minimum Gasteiger partial charge on any atom is -0.494 e. The highest BCUT2D eigenvalue weighted by Gasteiger charge is 2.31. The summed E-state index contributed by atoms with van der Waals surface area (Å²) in [7, 11) is 1.31. The van der Waals surface area contributed by atoms with Crippen LogP contribution in [0.3, 0.4) is 0 Å². The lowest BCUT2D eigenvalue weighted by Gasteiger charge is -2.18. The van der Waals surface area contributed by atoms with Crippen LogP contribution >= 0.6 is 12.2 Å². The average molecular weight is 458 g/mol. The third kappa shape index (κ3) is 6.70. The van der Waals surface area contributed by atoms with Gasteiger partial charge in [-0.2, -0.15) is 13.2 Å². The van der Waals surface area contributed by atoms with E-state index in [-0.39, 0.29) is 22.3 Å². The molecule has 0 radical (unpaired) electrons. The zero-order valence-electron chi connectivity index (χ0n) is 16.1. The van der Waals surface area contributed by atoms with Gasteiger partial charge in [0.1, 0.15) is 11.5 Å². The highest BCUT2D eigenvalue weighted by atomic mass is 32.1. The molecule has 9 nitrogen and oxygen atoms in total. The molecule has 2 rings (SSSR count). The number of anilines is 1. The summed E-state index contributed by atoms with van der Waals surface area (Å²) in [4.78, 5) is 22.4. The zero-order chi connectivity index (χ0) is 23.2. The molecule has 0 spiro atoms. The van der Waals surface area contributed by atoms with Crippen LogP contribution < -0.4 is 25.6 Å². The van der Waals surface area contributed by atoms with E-state index in [4.69, 9.17) is 21.7 Å². The quantitative estimate of drug-likeness (QED) is 0.343. The minimum absolute atomic E-state index is 0.0771. The standard InChI is InChI=1S/C18H17F3N4O5S/c1-10(30-13-5-3-4-11(8-13)18(19,20)21)16(26)23-24-17(31)22-14-7-6-12(25(27)28)9-15(14)29-2/h3-10H,1-2H3,(H,23,26)(H2,22,24,31)/t10-/m0/s1. The van der Waals surface area contributed by atoms with Crippen LogP contribution in [0, 0.1) is 10.1 Å². The number of hydrogen-bond donors (Lipinski definition) is 3. The molecule has 2 aromatic rings. The lowest BCUT2D eigenvalue weighted by atomic mass is 10.2. The van der Waals surface area contributed by atoms with Gasteiger partial charge in [0, 0.05) is 6.07 Å². The van der Waals surface area contributed by atoms with Crippen molar-refractivity contribution in [3.8, 4) is 11.5 Å². The maximum atomic E-state index is 12.8. The molecule has 166 valence electrons. The lowest BCUT2D eigenvalue weighted by molar-refractivity contribution is -0.384. The summed E-state index contributed by atoms with van der Waals surface area (Å²) < 4.78 is 48.6. The topological polar surface area (TPSA) is 115 Å². The Morgan fingerprint density at radius 3 is 2.52 bits per heavy atom. The van der Waals surface area contributed by atoms with Crippen molar-refractivity contribution in [1.82, 2.24) is 10.9 Å². The number of nitrogens with one attached hydrogen (secondary N) is 3. The monoisotopic (exact) mass is 458 g/mol. The molecule has 0 aliphatic heterocycles. The normalized spacial score (nSPS) is 11.8. The van der Waals surface area contributed by atoms with Gasteiger partial charge < -0.3 is 14.8 Å². The van der Waals surface area contributed by atoms with Crippen LogP contribution in [-0.4, -0.2) is 29.2 Å². The Kier molecular flexibility index (Phi) is 7.58. The molecule has 0 unspecified atom stereocenters. The van der Waals surface area contributed by atoms with E-state index in [1.165, 1.54) is 38.3 Å². The van der Waals surface area contributed by atoms with Crippen LogP contribution in [-0.2, 0) is 11.0 Å². The number of thiocarbonyl (C=S) groups is 1. The molecule has 13 heteroatoms. The molecule has 1 amide bonds. The third-order valence-corrected chi connectivity index (χ3v) is 3.99. The Morgan fingerprint density at radius 2 is 1.90 bits per heavy atom. The van der Waals surface area contributed by atoms with E-state index in [2.05, 4.69) is 16.2 Å². The highest BCUT2D eigenvalue weighted by Crippen LogP contribution is 2.31. The van der Waals surface area contributed by atoms with Crippen molar-refractivity contribution in [3.05, 3.63) is 58.1 Å². The first-order chi connectivity index (χ1) is 14.5. The van der Waals surface area contributed by atoms with Gasteiger partial charge in [0.05, 0.1) is 29.4 Å². The number of hydrogen-bond acceptors (Lipinski definition) is 6. The number of nitro groups is 1. The first kappa shape index (κ1) is 23.7. The second-order valence-corrected chi connectivity index (χ2v) is 6.40. The van der Waals surface area contributed by atoms with Crippen LogP contribution in [0.5, 0.6) is 11.5 Å². The van der Waals surface area contributed by atoms with Crippen LogP contribution in [0.1, 0.15) is 12.5 Å². The fourth-order valence-electron chi connectivity index (χ4n) is 2.27. The molecular weight excluding hydrogens is 441 g/mol. The molecule has 3 N–H and O–H groups in total. The molecular formula is C18H17F3N4O5S. The number of halogens is 3. The zero-order valence-corrected chi connectivity index (χ0v) is 17.0. The third-order valence-electron chi connectivity index (χ3n) is 3.79. The van der Waals surface area contributed by atoms with Crippen molar-refractivity contribution < 1.29 is 32.4 Å². The van der Waals surface area contributed by atoms with Crippen molar-refractivity contribution in [1.29, 1.82) is 0 Å². The molecule has 0 heterocycles. The van der Waals surface area contributed by atoms with Gasteiger partial charge in [0.2, 0.25) is 0 Å². The first-order valence-electron chi connectivity index (χ1n) is 8.54. The van der Waals surface area contributed by atoms with Crippen molar-refractivity contribution >= 4 is 34.6 Å². The molecule has 0 saturated heterocycles. The van der Waals surface area contributed by atoms with Crippen molar-refractivity contribution in [2.24, 2.45) is 0 Å². The van der Waals surface area contributed by atoms with Gasteiger partial charge in [-0.15, -0.1) is 0 Å². The van der Waals surface area contributed by atoms with Crippen LogP contribution in [0.4, 0.5) is 24.5 Å². The Morgan fingerprint density at radius 1 is 1.19 bits per heavy atom. The van der Waals surface area contributed by atoms with Gasteiger partial charge in [-0.05, 0) is 43.4 Å². The number of rotatable bonds is 6. The number of methoxy groups -OCH3 is 1. The van der Waals surface area contributed by atoms with Crippen LogP contribution in [0.25, 0.3) is 0 Å². The number of carbonyl (C=O) groups excluding carboxylic acids is 1. The van der Waals surface area contributed by atoms with Crippen LogP contribution in [0.15, 0.2) is 42.5 Å². The summed E-state index contributed by atoms with van der Waals surface area (Å²) in [6.45, 7) is 1.34. The summed E-state index contributed by atoms with van der Waals surface area (Å²) in [5, 5.41) is 13.4. The molecule has 0 fully saturated rings. The van der Waals surface area contributed by atoms with Gasteiger partial charge in [0.25, 0.3) is 11.6 Å². The van der Waals surface area contributed by atoms with Gasteiger partial charge in [-0.3, -0.25) is 25.8 Å². The largest absolute Gasteiger partial charge is 0.494 e. The number of hydrazine groups is 1. The second-order valence-electron chi connectivity index (χ2n) is 6.00. The fraction of sp³-hybridized carbons (Fsp3) is 0.222. The minimum atomic E-state index is -4.54. The number of amides is 1. The summed E-state index contributed by atoms with van der Waals surface area (Å²) in [5.41, 5.74) is 3.85. The number of non-ortho nitro benzene ring substituents is 1. The maximum absolute atomic E-state index is 12.8. The number of ether oxygens (including phenoxy) is 2. The molecule has 0 aliphatic carbocycles. The van der Waals surface area contributed by atoms with Gasteiger partial charge in [-0.25, -0.2) is 0 Å². The summed E-state index contributed by atoms with van der Waals surface area (Å²) in [5.74, 6) is -0.697. The molecule has 0 bridgehead atoms. The molecule has 2 aromatic carbocycles. The fourth-order valence-corrected chi connectivity index (χ4v) is 2.43. The predicted octanol–water partition coefficient (Wildman–Crippen LogP) is 3.41. The van der Waals surface area contributed by atoms with Gasteiger partial charge in [0.15, 0.2) is 11.2 Å². The predicted molar refractivity (Wildman–Crippen MR) is 109 cm³/mol. The highest BCUT2D eigenvalue weighted by molar-refractivity contribution is 7.80. The van der Waals surface area contributed by atoms with E-state index in [1.807, 2.05) is 0 Å². The van der Waals surface area contributed by atoms with Crippen molar-refractivity contribution in [2.45, 2.75) is 19.2 Å². The number of benzene rings is 2.